The van der Waals surface area contributed by atoms with Gasteiger partial charge in [0.05, 0.1) is 17.6 Å². The predicted octanol–water partition coefficient (Wildman–Crippen LogP) is 2.60. The molecule has 0 fully saturated rings. The Kier molecular flexibility index (Phi) is 5.15. The van der Waals surface area contributed by atoms with Gasteiger partial charge < -0.3 is 15.2 Å². The first-order valence-electron chi connectivity index (χ1n) is 7.49. The number of nitrogens with zero attached hydrogens (tertiary/aromatic N) is 3. The molecule has 0 aliphatic heterocycles. The Morgan fingerprint density at radius 1 is 1.24 bits per heavy atom. The van der Waals surface area contributed by atoms with Crippen LogP contribution in [0.3, 0.4) is 0 Å². The van der Waals surface area contributed by atoms with Gasteiger partial charge in [-0.3, -0.25) is 0 Å². The number of imidazole rings is 1. The average Bonchev–Trinajstić information content (AvgIpc) is 2.88. The third kappa shape index (κ3) is 4.69. The van der Waals surface area contributed by atoms with Gasteiger partial charge in [0.2, 0.25) is 0 Å². The lowest BCUT2D eigenvalue weighted by Crippen LogP contribution is -2.31. The van der Waals surface area contributed by atoms with Crippen molar-refractivity contribution >= 4 is 0 Å². The van der Waals surface area contributed by atoms with E-state index in [1.807, 2.05) is 26.4 Å². The van der Waals surface area contributed by atoms with Crippen LogP contribution in [-0.4, -0.2) is 28.0 Å². The molecule has 0 bridgehead atoms. The van der Waals surface area contributed by atoms with Crippen molar-refractivity contribution in [1.29, 1.82) is 0 Å². The van der Waals surface area contributed by atoms with Crippen molar-refractivity contribution in [1.82, 2.24) is 14.5 Å². The fraction of sp³-hybridized carbons (Fsp3) is 0.471. The minimum Gasteiger partial charge on any atom is -0.333 e. The number of hydrogen-bond acceptors (Lipinski definition) is 3. The molecule has 0 aliphatic carbocycles. The van der Waals surface area contributed by atoms with Crippen LogP contribution < -0.4 is 5.73 Å². The maximum atomic E-state index is 6.16. The summed E-state index contributed by atoms with van der Waals surface area (Å²) in [6, 6.07) is 10.6. The number of rotatable bonds is 7. The normalized spacial score (nSPS) is 12.0. The Bertz CT molecular complexity index is 539. The highest BCUT2D eigenvalue weighted by Crippen LogP contribution is 2.16. The molecule has 4 heteroatoms. The van der Waals surface area contributed by atoms with Gasteiger partial charge in [-0.15, -0.1) is 0 Å². The Morgan fingerprint density at radius 3 is 2.62 bits per heavy atom. The molecule has 4 nitrogen and oxygen atoms in total. The van der Waals surface area contributed by atoms with Gasteiger partial charge in [-0.25, -0.2) is 4.98 Å². The van der Waals surface area contributed by atoms with Crippen LogP contribution in [0.5, 0.6) is 0 Å². The van der Waals surface area contributed by atoms with Gasteiger partial charge in [0, 0.05) is 19.3 Å². The van der Waals surface area contributed by atoms with Gasteiger partial charge in [-0.05, 0) is 39.4 Å². The molecule has 0 unspecified atom stereocenters. The minimum absolute atomic E-state index is 0.341. The smallest absolute Gasteiger partial charge is 0.0948 e. The largest absolute Gasteiger partial charge is 0.333 e. The van der Waals surface area contributed by atoms with Crippen LogP contribution in [0.2, 0.25) is 0 Å². The first kappa shape index (κ1) is 15.7. The number of benzene rings is 1. The van der Waals surface area contributed by atoms with Gasteiger partial charge >= 0.3 is 0 Å². The van der Waals surface area contributed by atoms with Gasteiger partial charge in [0.25, 0.3) is 0 Å². The lowest BCUT2D eigenvalue weighted by molar-refractivity contribution is 0.312. The topological polar surface area (TPSA) is 47.1 Å². The quantitative estimate of drug-likeness (QED) is 0.851. The Morgan fingerprint density at radius 2 is 1.95 bits per heavy atom. The molecule has 0 radical (unpaired) electrons. The molecule has 0 saturated carbocycles. The number of hydrogen-bond donors (Lipinski definition) is 1. The van der Waals surface area contributed by atoms with Crippen molar-refractivity contribution in [3.05, 3.63) is 54.1 Å². The molecule has 1 aromatic carbocycles. The third-order valence-corrected chi connectivity index (χ3v) is 3.61. The van der Waals surface area contributed by atoms with Crippen molar-refractivity contribution in [2.75, 3.05) is 13.6 Å². The van der Waals surface area contributed by atoms with E-state index in [1.54, 1.807) is 0 Å². The van der Waals surface area contributed by atoms with E-state index in [9.17, 15) is 0 Å². The zero-order chi connectivity index (χ0) is 15.3. The summed E-state index contributed by atoms with van der Waals surface area (Å²) in [5.41, 5.74) is 8.27. The van der Waals surface area contributed by atoms with Gasteiger partial charge in [-0.1, -0.05) is 30.3 Å². The Hall–Kier alpha value is -1.65. The second-order valence-electron chi connectivity index (χ2n) is 6.27. The number of nitrogens with two attached hydrogens (primary N) is 1. The molecule has 1 aromatic heterocycles. The molecule has 0 spiro atoms. The molecule has 2 N–H and O–H groups in total. The molecule has 2 rings (SSSR count). The zero-order valence-corrected chi connectivity index (χ0v) is 13.3. The van der Waals surface area contributed by atoms with Crippen molar-refractivity contribution in [2.24, 2.45) is 5.73 Å². The van der Waals surface area contributed by atoms with Crippen molar-refractivity contribution < 1.29 is 0 Å². The average molecular weight is 286 g/mol. The molecule has 0 aliphatic rings. The van der Waals surface area contributed by atoms with Crippen LogP contribution in [-0.2, 0) is 18.6 Å². The number of aryl methyl sites for hydroxylation is 1. The standard InChI is InChI=1S/C17H26N4/c1-17(2,18)16-12-19-14-21(16)11-7-10-20(3)13-15-8-5-4-6-9-15/h4-6,8-9,12,14H,7,10-11,13,18H2,1-3H3. The predicted molar refractivity (Wildman–Crippen MR) is 86.8 cm³/mol. The summed E-state index contributed by atoms with van der Waals surface area (Å²) >= 11 is 0. The van der Waals surface area contributed by atoms with E-state index in [0.29, 0.717) is 0 Å². The summed E-state index contributed by atoms with van der Waals surface area (Å²) in [6.07, 6.45) is 4.83. The molecule has 2 aromatic rings. The van der Waals surface area contributed by atoms with Gasteiger partial charge in [0.1, 0.15) is 0 Å². The summed E-state index contributed by atoms with van der Waals surface area (Å²) in [6.45, 7) is 7.02. The van der Waals surface area contributed by atoms with Gasteiger partial charge in [-0.2, -0.15) is 0 Å². The second-order valence-corrected chi connectivity index (χ2v) is 6.27. The van der Waals surface area contributed by atoms with Crippen molar-refractivity contribution in [3.8, 4) is 0 Å². The fourth-order valence-corrected chi connectivity index (χ4v) is 2.52. The molecule has 21 heavy (non-hydrogen) atoms. The monoisotopic (exact) mass is 286 g/mol. The first-order chi connectivity index (χ1) is 9.97. The fourth-order valence-electron chi connectivity index (χ4n) is 2.52. The molecular formula is C17H26N4. The van der Waals surface area contributed by atoms with Crippen LogP contribution in [0.15, 0.2) is 42.9 Å². The molecule has 0 atom stereocenters. The molecular weight excluding hydrogens is 260 g/mol. The molecule has 0 saturated heterocycles. The Labute approximate surface area is 127 Å². The minimum atomic E-state index is -0.341. The van der Waals surface area contributed by atoms with E-state index in [2.05, 4.69) is 51.8 Å². The summed E-state index contributed by atoms with van der Waals surface area (Å²) < 4.78 is 2.16. The highest BCUT2D eigenvalue weighted by atomic mass is 15.1. The first-order valence-corrected chi connectivity index (χ1v) is 7.49. The van der Waals surface area contributed by atoms with Crippen LogP contribution in [0.25, 0.3) is 0 Å². The lowest BCUT2D eigenvalue weighted by Gasteiger charge is -2.22. The van der Waals surface area contributed by atoms with Crippen LogP contribution >= 0.6 is 0 Å². The summed E-state index contributed by atoms with van der Waals surface area (Å²) in [4.78, 5) is 6.57. The van der Waals surface area contributed by atoms with E-state index in [4.69, 9.17) is 5.73 Å². The Balaban J connectivity index is 1.81. The van der Waals surface area contributed by atoms with Crippen LogP contribution in [0.1, 0.15) is 31.5 Å². The maximum absolute atomic E-state index is 6.16. The van der Waals surface area contributed by atoms with Crippen LogP contribution in [0, 0.1) is 0 Å². The highest BCUT2D eigenvalue weighted by Gasteiger charge is 2.18. The molecule has 114 valence electrons. The van der Waals surface area contributed by atoms with E-state index in [0.717, 1.165) is 31.7 Å². The zero-order valence-electron chi connectivity index (χ0n) is 13.3. The SMILES string of the molecule is CN(CCCn1cncc1C(C)(C)N)Cc1ccccc1. The van der Waals surface area contributed by atoms with Crippen molar-refractivity contribution in [3.63, 3.8) is 0 Å². The summed E-state index contributed by atoms with van der Waals surface area (Å²) in [5, 5.41) is 0. The summed E-state index contributed by atoms with van der Waals surface area (Å²) in [7, 11) is 2.16. The van der Waals surface area contributed by atoms with Crippen LogP contribution in [0.4, 0.5) is 0 Å². The third-order valence-electron chi connectivity index (χ3n) is 3.61. The summed E-state index contributed by atoms with van der Waals surface area (Å²) in [5.74, 6) is 0. The maximum Gasteiger partial charge on any atom is 0.0948 e. The number of aromatic nitrogens is 2. The van der Waals surface area contributed by atoms with E-state index >= 15 is 0 Å². The van der Waals surface area contributed by atoms with Crippen molar-refractivity contribution in [2.45, 2.75) is 38.9 Å². The van der Waals surface area contributed by atoms with E-state index < -0.39 is 0 Å². The molecule has 1 heterocycles. The molecule has 0 amide bonds. The highest BCUT2D eigenvalue weighted by molar-refractivity contribution is 5.14. The van der Waals surface area contributed by atoms with Gasteiger partial charge in [0.15, 0.2) is 0 Å². The van der Waals surface area contributed by atoms with E-state index in [1.165, 1.54) is 5.56 Å². The lowest BCUT2D eigenvalue weighted by atomic mass is 10.0. The van der Waals surface area contributed by atoms with E-state index in [-0.39, 0.29) is 5.54 Å². The second kappa shape index (κ2) is 6.87.